The molecule has 1 aliphatic rings. The average molecular weight is 236 g/mol. The number of nitrogen functional groups attached to an aromatic ring is 1. The molecule has 1 aromatic carbocycles. The molecule has 0 aromatic heterocycles. The van der Waals surface area contributed by atoms with Gasteiger partial charge in [-0.3, -0.25) is 0 Å². The molecular weight excluding hydrogens is 215 g/mol. The lowest BCUT2D eigenvalue weighted by atomic mass is 9.79. The third-order valence-electron chi connectivity index (χ3n) is 3.94. The van der Waals surface area contributed by atoms with Crippen molar-refractivity contribution in [2.24, 2.45) is 5.92 Å². The summed E-state index contributed by atoms with van der Waals surface area (Å²) >= 11 is 0. The van der Waals surface area contributed by atoms with E-state index in [9.17, 15) is 4.39 Å². The van der Waals surface area contributed by atoms with Gasteiger partial charge in [0.15, 0.2) is 0 Å². The van der Waals surface area contributed by atoms with Gasteiger partial charge < -0.3 is 10.6 Å². The van der Waals surface area contributed by atoms with Crippen molar-refractivity contribution in [2.75, 3.05) is 25.9 Å². The molecule has 2 N–H and O–H groups in total. The summed E-state index contributed by atoms with van der Waals surface area (Å²) in [5, 5.41) is 0. The van der Waals surface area contributed by atoms with Crippen molar-refractivity contribution >= 4 is 5.69 Å². The second-order valence-electron chi connectivity index (χ2n) is 5.28. The minimum atomic E-state index is -1.27. The van der Waals surface area contributed by atoms with Crippen LogP contribution in [0.5, 0.6) is 0 Å². The number of hydrogen-bond acceptors (Lipinski definition) is 2. The molecular formula is C14H21FN2. The molecule has 1 saturated heterocycles. The smallest absolute Gasteiger partial charge is 0.136 e. The van der Waals surface area contributed by atoms with Crippen molar-refractivity contribution in [1.82, 2.24) is 4.90 Å². The molecule has 3 heteroatoms. The standard InChI is InChI=1S/C14H21FN2/c1-14(15,11-6-8-17(2)9-7-11)12-4-3-5-13(16)10-12/h3-5,10-11H,6-9,16H2,1-2H3. The Kier molecular flexibility index (Phi) is 3.38. The summed E-state index contributed by atoms with van der Waals surface area (Å²) in [7, 11) is 2.09. The number of nitrogens with zero attached hydrogens (tertiary/aromatic N) is 1. The molecule has 0 saturated carbocycles. The molecule has 17 heavy (non-hydrogen) atoms. The Morgan fingerprint density at radius 3 is 2.59 bits per heavy atom. The van der Waals surface area contributed by atoms with Crippen molar-refractivity contribution in [1.29, 1.82) is 0 Å². The van der Waals surface area contributed by atoms with Gasteiger partial charge >= 0.3 is 0 Å². The van der Waals surface area contributed by atoms with Crippen LogP contribution in [0.15, 0.2) is 24.3 Å². The van der Waals surface area contributed by atoms with E-state index in [0.29, 0.717) is 11.3 Å². The van der Waals surface area contributed by atoms with Crippen LogP contribution in [-0.2, 0) is 5.67 Å². The van der Waals surface area contributed by atoms with Gasteiger partial charge in [0, 0.05) is 5.69 Å². The predicted octanol–water partition coefficient (Wildman–Crippen LogP) is 2.80. The Balaban J connectivity index is 2.18. The van der Waals surface area contributed by atoms with Crippen LogP contribution in [0.1, 0.15) is 25.3 Å². The Morgan fingerprint density at radius 1 is 1.35 bits per heavy atom. The lowest BCUT2D eigenvalue weighted by Crippen LogP contribution is -2.38. The van der Waals surface area contributed by atoms with E-state index in [-0.39, 0.29) is 5.92 Å². The first-order chi connectivity index (χ1) is 8.00. The van der Waals surface area contributed by atoms with E-state index in [1.807, 2.05) is 12.1 Å². The lowest BCUT2D eigenvalue weighted by molar-refractivity contribution is 0.0523. The van der Waals surface area contributed by atoms with Gasteiger partial charge in [-0.15, -0.1) is 0 Å². The molecule has 1 aromatic rings. The largest absolute Gasteiger partial charge is 0.399 e. The molecule has 0 amide bonds. The maximum atomic E-state index is 14.9. The number of anilines is 1. The summed E-state index contributed by atoms with van der Waals surface area (Å²) in [5.41, 5.74) is 5.82. The monoisotopic (exact) mass is 236 g/mol. The fraction of sp³-hybridized carbons (Fsp3) is 0.571. The third kappa shape index (κ3) is 2.60. The van der Waals surface area contributed by atoms with Gasteiger partial charge in [-0.2, -0.15) is 0 Å². The number of benzene rings is 1. The summed E-state index contributed by atoms with van der Waals surface area (Å²) in [6.45, 7) is 3.65. The second kappa shape index (κ2) is 4.65. The highest BCUT2D eigenvalue weighted by Gasteiger charge is 2.37. The normalized spacial score (nSPS) is 22.3. The molecule has 1 fully saturated rings. The molecule has 2 nitrogen and oxygen atoms in total. The highest BCUT2D eigenvalue weighted by atomic mass is 19.1. The summed E-state index contributed by atoms with van der Waals surface area (Å²) in [5.74, 6) is 0.0977. The molecule has 2 rings (SSSR count). The SMILES string of the molecule is CN1CCC(C(C)(F)c2cccc(N)c2)CC1. The number of piperidine rings is 1. The maximum absolute atomic E-state index is 14.9. The summed E-state index contributed by atoms with van der Waals surface area (Å²) in [4.78, 5) is 2.26. The van der Waals surface area contributed by atoms with Crippen LogP contribution < -0.4 is 5.73 Å². The maximum Gasteiger partial charge on any atom is 0.136 e. The van der Waals surface area contributed by atoms with E-state index in [4.69, 9.17) is 5.73 Å². The van der Waals surface area contributed by atoms with Crippen LogP contribution in [-0.4, -0.2) is 25.0 Å². The summed E-state index contributed by atoms with van der Waals surface area (Å²) in [6, 6.07) is 7.23. The quantitative estimate of drug-likeness (QED) is 0.800. The first kappa shape index (κ1) is 12.4. The van der Waals surface area contributed by atoms with Crippen molar-refractivity contribution in [2.45, 2.75) is 25.4 Å². The van der Waals surface area contributed by atoms with Gasteiger partial charge in [-0.05, 0) is 63.5 Å². The zero-order valence-electron chi connectivity index (χ0n) is 10.6. The van der Waals surface area contributed by atoms with Gasteiger partial charge in [-0.1, -0.05) is 12.1 Å². The van der Waals surface area contributed by atoms with Gasteiger partial charge in [-0.25, -0.2) is 4.39 Å². The fourth-order valence-electron chi connectivity index (χ4n) is 2.63. The van der Waals surface area contributed by atoms with Gasteiger partial charge in [0.25, 0.3) is 0 Å². The molecule has 1 atom stereocenters. The van der Waals surface area contributed by atoms with Crippen molar-refractivity contribution in [3.8, 4) is 0 Å². The number of hydrogen-bond donors (Lipinski definition) is 1. The molecule has 94 valence electrons. The molecule has 1 heterocycles. The van der Waals surface area contributed by atoms with Crippen LogP contribution in [0.25, 0.3) is 0 Å². The van der Waals surface area contributed by atoms with Crippen LogP contribution in [0.3, 0.4) is 0 Å². The van der Waals surface area contributed by atoms with Crippen molar-refractivity contribution in [3.63, 3.8) is 0 Å². The van der Waals surface area contributed by atoms with E-state index in [1.54, 1.807) is 19.1 Å². The highest BCUT2D eigenvalue weighted by Crippen LogP contribution is 2.39. The zero-order chi connectivity index (χ0) is 12.5. The van der Waals surface area contributed by atoms with E-state index in [1.165, 1.54) is 0 Å². The molecule has 1 aliphatic heterocycles. The van der Waals surface area contributed by atoms with Gasteiger partial charge in [0.05, 0.1) is 0 Å². The topological polar surface area (TPSA) is 29.3 Å². The van der Waals surface area contributed by atoms with Crippen LogP contribution in [0.4, 0.5) is 10.1 Å². The van der Waals surface area contributed by atoms with E-state index < -0.39 is 5.67 Å². The number of alkyl halides is 1. The van der Waals surface area contributed by atoms with E-state index in [2.05, 4.69) is 11.9 Å². The Morgan fingerprint density at radius 2 is 2.00 bits per heavy atom. The molecule has 0 spiro atoms. The number of nitrogens with two attached hydrogens (primary N) is 1. The first-order valence-electron chi connectivity index (χ1n) is 6.23. The summed E-state index contributed by atoms with van der Waals surface area (Å²) in [6.07, 6.45) is 1.83. The lowest BCUT2D eigenvalue weighted by Gasteiger charge is -2.37. The van der Waals surface area contributed by atoms with E-state index >= 15 is 0 Å². The highest BCUT2D eigenvalue weighted by molar-refractivity contribution is 5.42. The molecule has 0 radical (unpaired) electrons. The van der Waals surface area contributed by atoms with E-state index in [0.717, 1.165) is 25.9 Å². The Labute approximate surface area is 103 Å². The zero-order valence-corrected chi connectivity index (χ0v) is 10.6. The first-order valence-corrected chi connectivity index (χ1v) is 6.23. The third-order valence-corrected chi connectivity index (χ3v) is 3.94. The van der Waals surface area contributed by atoms with Gasteiger partial charge in [0.1, 0.15) is 5.67 Å². The number of rotatable bonds is 2. The van der Waals surface area contributed by atoms with Gasteiger partial charge in [0.2, 0.25) is 0 Å². The predicted molar refractivity (Wildman–Crippen MR) is 69.5 cm³/mol. The number of halogens is 1. The Hall–Kier alpha value is -1.09. The second-order valence-corrected chi connectivity index (χ2v) is 5.28. The van der Waals surface area contributed by atoms with Crippen LogP contribution >= 0.6 is 0 Å². The Bertz CT molecular complexity index is 382. The van der Waals surface area contributed by atoms with Crippen LogP contribution in [0.2, 0.25) is 0 Å². The minimum Gasteiger partial charge on any atom is -0.399 e. The molecule has 0 bridgehead atoms. The summed E-state index contributed by atoms with van der Waals surface area (Å²) < 4.78 is 14.9. The van der Waals surface area contributed by atoms with Crippen LogP contribution in [0, 0.1) is 5.92 Å². The fourth-order valence-corrected chi connectivity index (χ4v) is 2.63. The van der Waals surface area contributed by atoms with Crippen molar-refractivity contribution in [3.05, 3.63) is 29.8 Å². The average Bonchev–Trinajstić information content (AvgIpc) is 2.29. The molecule has 0 aliphatic carbocycles. The van der Waals surface area contributed by atoms with Crippen molar-refractivity contribution < 1.29 is 4.39 Å². The molecule has 1 unspecified atom stereocenters. The minimum absolute atomic E-state index is 0.0977. The number of likely N-dealkylation sites (tertiary alicyclic amines) is 1.